The van der Waals surface area contributed by atoms with Gasteiger partial charge >= 0.3 is 11.9 Å². The molecule has 1 aliphatic rings. The van der Waals surface area contributed by atoms with Crippen LogP contribution < -0.4 is 5.32 Å². The average Bonchev–Trinajstić information content (AvgIpc) is 3.05. The fraction of sp³-hybridized carbons (Fsp3) is 0.409. The van der Waals surface area contributed by atoms with E-state index in [-0.39, 0.29) is 36.9 Å². The van der Waals surface area contributed by atoms with Crippen molar-refractivity contribution in [3.05, 3.63) is 60.7 Å². The molecule has 1 fully saturated rings. The summed E-state index contributed by atoms with van der Waals surface area (Å²) < 4.78 is 10.2. The van der Waals surface area contributed by atoms with Gasteiger partial charge in [-0.1, -0.05) is 30.4 Å². The molecule has 0 aromatic heterocycles. The third kappa shape index (κ3) is 5.31. The quantitative estimate of drug-likeness (QED) is 0.423. The normalized spacial score (nSPS) is 23.9. The molecule has 28 heavy (non-hydrogen) atoms. The first-order valence-electron chi connectivity index (χ1n) is 9.51. The molecule has 6 heteroatoms. The van der Waals surface area contributed by atoms with Crippen molar-refractivity contribution in [2.24, 2.45) is 17.8 Å². The second kappa shape index (κ2) is 10.4. The third-order valence-corrected chi connectivity index (χ3v) is 4.82. The van der Waals surface area contributed by atoms with Crippen LogP contribution >= 0.6 is 0 Å². The van der Waals surface area contributed by atoms with Gasteiger partial charge in [-0.05, 0) is 44.2 Å². The summed E-state index contributed by atoms with van der Waals surface area (Å²) >= 11 is 0. The van der Waals surface area contributed by atoms with E-state index in [1.54, 1.807) is 50.3 Å². The Kier molecular flexibility index (Phi) is 7.99. The van der Waals surface area contributed by atoms with Crippen molar-refractivity contribution in [1.82, 2.24) is 5.32 Å². The summed E-state index contributed by atoms with van der Waals surface area (Å²) in [5.41, 5.74) is 0.500. The number of rotatable bonds is 8. The van der Waals surface area contributed by atoms with Gasteiger partial charge < -0.3 is 14.8 Å². The predicted octanol–water partition coefficient (Wildman–Crippen LogP) is 2.91. The second-order valence-corrected chi connectivity index (χ2v) is 6.55. The number of amides is 1. The molecule has 0 spiro atoms. The number of ether oxygens (including phenoxy) is 2. The highest BCUT2D eigenvalue weighted by molar-refractivity contribution is 5.94. The van der Waals surface area contributed by atoms with Crippen LogP contribution in [-0.2, 0) is 19.1 Å². The minimum absolute atomic E-state index is 0.169. The van der Waals surface area contributed by atoms with E-state index in [2.05, 4.69) is 11.9 Å². The van der Waals surface area contributed by atoms with E-state index in [4.69, 9.17) is 9.47 Å². The Bertz CT molecular complexity index is 728. The molecular formula is C22H27NO5. The van der Waals surface area contributed by atoms with Crippen LogP contribution in [0.25, 0.3) is 0 Å². The van der Waals surface area contributed by atoms with E-state index in [0.29, 0.717) is 12.0 Å². The number of allylic oxidation sites excluding steroid dienone is 1. The molecule has 1 N–H and O–H groups in total. The summed E-state index contributed by atoms with van der Waals surface area (Å²) in [6, 6.07) is 8.27. The Morgan fingerprint density at radius 3 is 2.39 bits per heavy atom. The summed E-state index contributed by atoms with van der Waals surface area (Å²) in [5, 5.41) is 2.96. The molecule has 0 unspecified atom stereocenters. The van der Waals surface area contributed by atoms with Gasteiger partial charge in [-0.25, -0.2) is 4.79 Å². The van der Waals surface area contributed by atoms with E-state index < -0.39 is 17.9 Å². The van der Waals surface area contributed by atoms with Crippen molar-refractivity contribution in [2.75, 3.05) is 13.2 Å². The second-order valence-electron chi connectivity index (χ2n) is 6.55. The number of carbonyl (C=O) groups is 3. The van der Waals surface area contributed by atoms with Crippen molar-refractivity contribution in [3.8, 4) is 0 Å². The molecule has 0 saturated heterocycles. The fourth-order valence-corrected chi connectivity index (χ4v) is 3.55. The Morgan fingerprint density at radius 2 is 1.79 bits per heavy atom. The number of hydrogen-bond acceptors (Lipinski definition) is 5. The van der Waals surface area contributed by atoms with Crippen molar-refractivity contribution >= 4 is 17.8 Å². The summed E-state index contributed by atoms with van der Waals surface area (Å²) in [6.07, 6.45) is 5.33. The standard InChI is InChI=1S/C22H27NO5/c1-4-15-14-17(12-13-18(24)27-5-2)20(19(15)22(26)28-6-3)23-21(25)16-10-8-7-9-11-16/h4,7-13,15,17,19-20H,1,5-6,14H2,2-3H3,(H,23,25)/b13-12+/t15-,17+,19-,20-/m0/s1. The molecule has 1 aromatic carbocycles. The summed E-state index contributed by atoms with van der Waals surface area (Å²) in [7, 11) is 0. The van der Waals surface area contributed by atoms with E-state index in [9.17, 15) is 14.4 Å². The lowest BCUT2D eigenvalue weighted by Crippen LogP contribution is -2.45. The molecule has 2 rings (SSSR count). The van der Waals surface area contributed by atoms with Crippen molar-refractivity contribution < 1.29 is 23.9 Å². The third-order valence-electron chi connectivity index (χ3n) is 4.82. The van der Waals surface area contributed by atoms with Gasteiger partial charge in [0.15, 0.2) is 0 Å². The summed E-state index contributed by atoms with van der Waals surface area (Å²) in [6.45, 7) is 7.83. The zero-order valence-electron chi connectivity index (χ0n) is 16.3. The average molecular weight is 385 g/mol. The smallest absolute Gasteiger partial charge is 0.330 e. The molecule has 0 bridgehead atoms. The minimum Gasteiger partial charge on any atom is -0.466 e. The van der Waals surface area contributed by atoms with Crippen LogP contribution in [0.5, 0.6) is 0 Å². The SMILES string of the molecule is C=C[C@H]1C[C@@H](/C=C/C(=O)OCC)[C@H](NC(=O)c2ccccc2)[C@H]1C(=O)OCC. The van der Waals surface area contributed by atoms with Gasteiger partial charge in [0.2, 0.25) is 0 Å². The zero-order chi connectivity index (χ0) is 20.5. The van der Waals surface area contributed by atoms with E-state index >= 15 is 0 Å². The van der Waals surface area contributed by atoms with Crippen molar-refractivity contribution in [3.63, 3.8) is 0 Å². The molecule has 6 nitrogen and oxygen atoms in total. The van der Waals surface area contributed by atoms with Gasteiger partial charge in [0.05, 0.1) is 19.1 Å². The Hall–Kier alpha value is -2.89. The lowest BCUT2D eigenvalue weighted by molar-refractivity contribution is -0.149. The first-order valence-corrected chi connectivity index (χ1v) is 9.51. The molecule has 0 heterocycles. The van der Waals surface area contributed by atoms with Crippen LogP contribution in [0.15, 0.2) is 55.1 Å². The molecule has 1 saturated carbocycles. The van der Waals surface area contributed by atoms with E-state index in [0.717, 1.165) is 0 Å². The topological polar surface area (TPSA) is 81.7 Å². The number of benzene rings is 1. The lowest BCUT2D eigenvalue weighted by atomic mass is 9.92. The number of esters is 2. The highest BCUT2D eigenvalue weighted by Crippen LogP contribution is 2.39. The van der Waals surface area contributed by atoms with Gasteiger partial charge in [0, 0.05) is 17.7 Å². The number of carbonyl (C=O) groups excluding carboxylic acids is 3. The maximum absolute atomic E-state index is 12.7. The number of hydrogen-bond donors (Lipinski definition) is 1. The predicted molar refractivity (Wildman–Crippen MR) is 105 cm³/mol. The molecule has 1 amide bonds. The minimum atomic E-state index is -0.568. The maximum Gasteiger partial charge on any atom is 0.330 e. The molecular weight excluding hydrogens is 358 g/mol. The van der Waals surface area contributed by atoms with Gasteiger partial charge in [-0.3, -0.25) is 9.59 Å². The van der Waals surface area contributed by atoms with Gasteiger partial charge in [-0.15, -0.1) is 6.58 Å². The molecule has 0 aliphatic heterocycles. The monoisotopic (exact) mass is 385 g/mol. The highest BCUT2D eigenvalue weighted by atomic mass is 16.5. The Labute approximate surface area is 165 Å². The van der Waals surface area contributed by atoms with Crippen LogP contribution in [0.4, 0.5) is 0 Å². The summed E-state index contributed by atoms with van der Waals surface area (Å²) in [5.74, 6) is -2.07. The molecule has 1 aromatic rings. The molecule has 4 atom stereocenters. The first-order chi connectivity index (χ1) is 13.5. The van der Waals surface area contributed by atoms with E-state index in [1.807, 2.05) is 6.07 Å². The van der Waals surface area contributed by atoms with Gasteiger partial charge in [0.25, 0.3) is 5.91 Å². The van der Waals surface area contributed by atoms with Gasteiger partial charge in [0.1, 0.15) is 0 Å². The Morgan fingerprint density at radius 1 is 1.11 bits per heavy atom. The van der Waals surface area contributed by atoms with Gasteiger partial charge in [-0.2, -0.15) is 0 Å². The first kappa shape index (κ1) is 21.4. The molecule has 1 aliphatic carbocycles. The van der Waals surface area contributed by atoms with Crippen LogP contribution in [0.2, 0.25) is 0 Å². The van der Waals surface area contributed by atoms with Crippen molar-refractivity contribution in [1.29, 1.82) is 0 Å². The Balaban J connectivity index is 2.28. The maximum atomic E-state index is 12.7. The fourth-order valence-electron chi connectivity index (χ4n) is 3.55. The van der Waals surface area contributed by atoms with Crippen LogP contribution in [0.3, 0.4) is 0 Å². The zero-order valence-corrected chi connectivity index (χ0v) is 16.3. The van der Waals surface area contributed by atoms with Crippen LogP contribution in [-0.4, -0.2) is 37.1 Å². The van der Waals surface area contributed by atoms with Crippen LogP contribution in [0.1, 0.15) is 30.6 Å². The highest BCUT2D eigenvalue weighted by Gasteiger charge is 2.46. The van der Waals surface area contributed by atoms with Crippen molar-refractivity contribution in [2.45, 2.75) is 26.3 Å². The lowest BCUT2D eigenvalue weighted by Gasteiger charge is -2.25. The molecule has 150 valence electrons. The largest absolute Gasteiger partial charge is 0.466 e. The van der Waals surface area contributed by atoms with E-state index in [1.165, 1.54) is 6.08 Å². The molecule has 0 radical (unpaired) electrons. The summed E-state index contributed by atoms with van der Waals surface area (Å²) in [4.78, 5) is 37.0. The number of nitrogens with one attached hydrogen (secondary N) is 1. The van der Waals surface area contributed by atoms with Crippen LogP contribution in [0, 0.1) is 17.8 Å².